The second kappa shape index (κ2) is 5.91. The molecule has 0 radical (unpaired) electrons. The Labute approximate surface area is 141 Å². The van der Waals surface area contributed by atoms with Crippen molar-refractivity contribution in [1.82, 2.24) is 4.98 Å². The molecule has 0 fully saturated rings. The Morgan fingerprint density at radius 2 is 2.00 bits per heavy atom. The molecule has 0 spiro atoms. The topological polar surface area (TPSA) is 62.7 Å². The van der Waals surface area contributed by atoms with Crippen LogP contribution in [-0.4, -0.2) is 4.98 Å². The molecule has 2 aromatic heterocycles. The number of pyridine rings is 1. The number of halogens is 1. The first-order valence-electron chi connectivity index (χ1n) is 6.62. The Morgan fingerprint density at radius 1 is 1.23 bits per heavy atom. The van der Waals surface area contributed by atoms with E-state index in [1.807, 2.05) is 48.7 Å². The molecule has 1 aromatic carbocycles. The zero-order valence-corrected chi connectivity index (χ0v) is 14.2. The fourth-order valence-corrected chi connectivity index (χ4v) is 3.75. The maximum atomic E-state index is 9.43. The Balaban J connectivity index is 2.29. The van der Waals surface area contributed by atoms with Crippen molar-refractivity contribution in [2.45, 2.75) is 6.92 Å². The number of nitriles is 1. The van der Waals surface area contributed by atoms with Crippen molar-refractivity contribution in [2.24, 2.45) is 0 Å². The van der Waals surface area contributed by atoms with Gasteiger partial charge in [-0.15, -0.1) is 11.3 Å². The summed E-state index contributed by atoms with van der Waals surface area (Å²) in [7, 11) is 0. The van der Waals surface area contributed by atoms with Crippen molar-refractivity contribution in [1.29, 1.82) is 5.26 Å². The van der Waals surface area contributed by atoms with Crippen molar-refractivity contribution < 1.29 is 0 Å². The number of nitrogens with zero attached hydrogens (tertiary/aromatic N) is 2. The van der Waals surface area contributed by atoms with Crippen molar-refractivity contribution in [3.63, 3.8) is 0 Å². The zero-order valence-electron chi connectivity index (χ0n) is 11.8. The van der Waals surface area contributed by atoms with Gasteiger partial charge < -0.3 is 5.73 Å². The van der Waals surface area contributed by atoms with Crippen LogP contribution in [0.5, 0.6) is 0 Å². The van der Waals surface area contributed by atoms with Crippen LogP contribution in [-0.2, 0) is 0 Å². The molecule has 22 heavy (non-hydrogen) atoms. The van der Waals surface area contributed by atoms with Gasteiger partial charge in [0.05, 0.1) is 5.69 Å². The highest BCUT2D eigenvalue weighted by atomic mass is 79.9. The van der Waals surface area contributed by atoms with E-state index in [0.717, 1.165) is 31.7 Å². The summed E-state index contributed by atoms with van der Waals surface area (Å²) in [5.41, 5.74) is 10.1. The zero-order chi connectivity index (χ0) is 15.7. The number of anilines is 1. The van der Waals surface area contributed by atoms with Gasteiger partial charge in [0.2, 0.25) is 0 Å². The number of aryl methyl sites for hydroxylation is 1. The quantitative estimate of drug-likeness (QED) is 0.690. The van der Waals surface area contributed by atoms with Gasteiger partial charge in [-0.25, -0.2) is 4.98 Å². The smallest absolute Gasteiger partial charge is 0.142 e. The van der Waals surface area contributed by atoms with Crippen LogP contribution in [0.25, 0.3) is 21.7 Å². The van der Waals surface area contributed by atoms with Crippen LogP contribution >= 0.6 is 27.3 Å². The van der Waals surface area contributed by atoms with E-state index in [9.17, 15) is 5.26 Å². The molecule has 0 bridgehead atoms. The number of nitrogen functional groups attached to an aromatic ring is 1. The maximum absolute atomic E-state index is 9.43. The van der Waals surface area contributed by atoms with E-state index in [1.54, 1.807) is 11.3 Å². The summed E-state index contributed by atoms with van der Waals surface area (Å²) in [6.07, 6.45) is 0. The molecule has 5 heteroatoms. The molecular formula is C17H12BrN3S. The second-order valence-electron chi connectivity index (χ2n) is 4.84. The lowest BCUT2D eigenvalue weighted by molar-refractivity contribution is 1.30. The number of hydrogen-bond donors (Lipinski definition) is 1. The van der Waals surface area contributed by atoms with Crippen molar-refractivity contribution in [3.8, 4) is 27.8 Å². The number of nitrogens with two attached hydrogens (primary N) is 1. The average Bonchev–Trinajstić information content (AvgIpc) is 2.93. The second-order valence-corrected chi connectivity index (χ2v) is 6.61. The molecule has 2 N–H and O–H groups in total. The van der Waals surface area contributed by atoms with Crippen LogP contribution in [0.3, 0.4) is 0 Å². The molecule has 0 aliphatic carbocycles. The minimum Gasteiger partial charge on any atom is -0.383 e. The third-order valence-corrected chi connectivity index (χ3v) is 5.16. The molecule has 0 atom stereocenters. The standard InChI is InChI=1S/C17H12BrN3S/c1-10-6-7-22-16(10)12-8-15(21-17(20)13(12)9-19)11-4-2-3-5-14(11)18/h2-8H,1H3,(H2,20,21). The van der Waals surface area contributed by atoms with Gasteiger partial charge in [-0.05, 0) is 36.1 Å². The summed E-state index contributed by atoms with van der Waals surface area (Å²) in [4.78, 5) is 5.46. The lowest BCUT2D eigenvalue weighted by atomic mass is 10.0. The third-order valence-electron chi connectivity index (χ3n) is 3.42. The molecule has 0 aliphatic heterocycles. The van der Waals surface area contributed by atoms with Crippen LogP contribution in [0.4, 0.5) is 5.82 Å². The van der Waals surface area contributed by atoms with Gasteiger partial charge in [0.15, 0.2) is 0 Å². The van der Waals surface area contributed by atoms with E-state index in [1.165, 1.54) is 0 Å². The van der Waals surface area contributed by atoms with E-state index in [-0.39, 0.29) is 5.82 Å². The van der Waals surface area contributed by atoms with Crippen LogP contribution in [0.15, 0.2) is 46.3 Å². The van der Waals surface area contributed by atoms with Crippen LogP contribution < -0.4 is 5.73 Å². The average molecular weight is 370 g/mol. The van der Waals surface area contributed by atoms with E-state index >= 15 is 0 Å². The highest BCUT2D eigenvalue weighted by Crippen LogP contribution is 2.37. The van der Waals surface area contributed by atoms with Gasteiger partial charge in [-0.3, -0.25) is 0 Å². The summed E-state index contributed by atoms with van der Waals surface area (Å²) in [5, 5.41) is 11.4. The van der Waals surface area contributed by atoms with Crippen molar-refractivity contribution >= 4 is 33.1 Å². The Kier molecular flexibility index (Phi) is 3.97. The fraction of sp³-hybridized carbons (Fsp3) is 0.0588. The van der Waals surface area contributed by atoms with Gasteiger partial charge in [0.25, 0.3) is 0 Å². The van der Waals surface area contributed by atoms with Crippen LogP contribution in [0.1, 0.15) is 11.1 Å². The highest BCUT2D eigenvalue weighted by Gasteiger charge is 2.16. The number of benzene rings is 1. The van der Waals surface area contributed by atoms with Crippen LogP contribution in [0.2, 0.25) is 0 Å². The molecular weight excluding hydrogens is 358 g/mol. The molecule has 0 saturated heterocycles. The number of thiophene rings is 1. The molecule has 2 heterocycles. The fourth-order valence-electron chi connectivity index (χ4n) is 2.32. The summed E-state index contributed by atoms with van der Waals surface area (Å²) in [6.45, 7) is 2.03. The molecule has 108 valence electrons. The van der Waals surface area contributed by atoms with Gasteiger partial charge in [0.1, 0.15) is 17.5 Å². The lowest BCUT2D eigenvalue weighted by Crippen LogP contribution is -1.99. The van der Waals surface area contributed by atoms with Gasteiger partial charge in [-0.2, -0.15) is 5.26 Å². The number of hydrogen-bond acceptors (Lipinski definition) is 4. The Hall–Kier alpha value is -2.16. The number of rotatable bonds is 2. The first-order chi connectivity index (χ1) is 10.6. The van der Waals surface area contributed by atoms with E-state index in [0.29, 0.717) is 5.56 Å². The molecule has 3 aromatic rings. The largest absolute Gasteiger partial charge is 0.383 e. The van der Waals surface area contributed by atoms with Crippen molar-refractivity contribution in [3.05, 3.63) is 57.4 Å². The minimum atomic E-state index is 0.263. The molecule has 0 aliphatic rings. The van der Waals surface area contributed by atoms with E-state index in [4.69, 9.17) is 5.73 Å². The van der Waals surface area contributed by atoms with Gasteiger partial charge >= 0.3 is 0 Å². The van der Waals surface area contributed by atoms with E-state index in [2.05, 4.69) is 27.0 Å². The predicted octanol–water partition coefficient (Wildman–Crippen LogP) is 5.00. The number of aromatic nitrogens is 1. The highest BCUT2D eigenvalue weighted by molar-refractivity contribution is 9.10. The molecule has 3 nitrogen and oxygen atoms in total. The van der Waals surface area contributed by atoms with Crippen molar-refractivity contribution in [2.75, 3.05) is 5.73 Å². The Morgan fingerprint density at radius 3 is 2.64 bits per heavy atom. The minimum absolute atomic E-state index is 0.263. The van der Waals surface area contributed by atoms with Crippen LogP contribution in [0, 0.1) is 18.3 Å². The summed E-state index contributed by atoms with van der Waals surface area (Å²) in [5.74, 6) is 0.263. The first kappa shape index (κ1) is 14.8. The van der Waals surface area contributed by atoms with Gasteiger partial charge in [-0.1, -0.05) is 34.1 Å². The monoisotopic (exact) mass is 369 g/mol. The third kappa shape index (κ3) is 2.52. The predicted molar refractivity (Wildman–Crippen MR) is 94.6 cm³/mol. The molecule has 0 amide bonds. The SMILES string of the molecule is Cc1ccsc1-c1cc(-c2ccccc2Br)nc(N)c1C#N. The van der Waals surface area contributed by atoms with E-state index < -0.39 is 0 Å². The summed E-state index contributed by atoms with van der Waals surface area (Å²) < 4.78 is 0.945. The summed E-state index contributed by atoms with van der Waals surface area (Å²) in [6, 6.07) is 14.0. The van der Waals surface area contributed by atoms with Gasteiger partial charge in [0, 0.05) is 20.5 Å². The maximum Gasteiger partial charge on any atom is 0.142 e. The summed E-state index contributed by atoms with van der Waals surface area (Å²) >= 11 is 5.14. The molecule has 0 saturated carbocycles. The lowest BCUT2D eigenvalue weighted by Gasteiger charge is -2.10. The first-order valence-corrected chi connectivity index (χ1v) is 8.29. The molecule has 0 unspecified atom stereocenters. The normalized spacial score (nSPS) is 10.4. The Bertz CT molecular complexity index is 893. The molecule has 3 rings (SSSR count).